The molecule has 2 heterocycles. The lowest BCUT2D eigenvalue weighted by atomic mass is 10.0. The number of ether oxygens (including phenoxy) is 1. The van der Waals surface area contributed by atoms with Gasteiger partial charge in [-0.3, -0.25) is 9.69 Å². The van der Waals surface area contributed by atoms with Crippen LogP contribution in [-0.2, 0) is 11.8 Å². The highest BCUT2D eigenvalue weighted by molar-refractivity contribution is 5.96. The zero-order valence-electron chi connectivity index (χ0n) is 15.7. The number of rotatable bonds is 5. The first-order valence-corrected chi connectivity index (χ1v) is 9.11. The number of imidazole rings is 1. The smallest absolute Gasteiger partial charge is 0.414 e. The zero-order valence-corrected chi connectivity index (χ0v) is 15.7. The predicted molar refractivity (Wildman–Crippen MR) is 104 cm³/mol. The molecule has 1 aliphatic rings. The Hall–Kier alpha value is -3.68. The lowest BCUT2D eigenvalue weighted by Crippen LogP contribution is -2.31. The summed E-state index contributed by atoms with van der Waals surface area (Å²) in [5, 5.41) is 2.86. The van der Waals surface area contributed by atoms with Gasteiger partial charge in [-0.05, 0) is 30.3 Å². The van der Waals surface area contributed by atoms with Crippen LogP contribution >= 0.6 is 0 Å². The van der Waals surface area contributed by atoms with E-state index in [0.717, 1.165) is 0 Å². The Bertz CT molecular complexity index is 1050. The summed E-state index contributed by atoms with van der Waals surface area (Å²) in [6.45, 7) is 0.813. The molecule has 1 saturated heterocycles. The molecular formula is C21H19FN4O3. The molecule has 1 aromatic heterocycles. The molecule has 0 bridgehead atoms. The maximum atomic E-state index is 14.4. The van der Waals surface area contributed by atoms with Crippen molar-refractivity contribution in [3.8, 4) is 0 Å². The van der Waals surface area contributed by atoms with Crippen LogP contribution in [0.4, 0.5) is 14.9 Å². The maximum absolute atomic E-state index is 14.4. The van der Waals surface area contributed by atoms with Gasteiger partial charge in [-0.1, -0.05) is 18.2 Å². The first-order chi connectivity index (χ1) is 14.0. The maximum Gasteiger partial charge on any atom is 0.414 e. The quantitative estimate of drug-likeness (QED) is 0.722. The summed E-state index contributed by atoms with van der Waals surface area (Å²) in [7, 11) is 1.78. The van der Waals surface area contributed by atoms with Gasteiger partial charge < -0.3 is 14.6 Å². The Morgan fingerprint density at radius 3 is 2.59 bits per heavy atom. The molecule has 0 radical (unpaired) electrons. The van der Waals surface area contributed by atoms with Crippen molar-refractivity contribution in [2.75, 3.05) is 18.1 Å². The Morgan fingerprint density at radius 1 is 1.21 bits per heavy atom. The number of hydrogen-bond donors (Lipinski definition) is 1. The second-order valence-corrected chi connectivity index (χ2v) is 6.64. The van der Waals surface area contributed by atoms with E-state index in [9.17, 15) is 14.0 Å². The molecule has 0 aliphatic carbocycles. The molecule has 3 aromatic rings. The van der Waals surface area contributed by atoms with Crippen LogP contribution < -0.4 is 10.2 Å². The molecule has 29 heavy (non-hydrogen) atoms. The third-order valence-corrected chi connectivity index (χ3v) is 4.81. The van der Waals surface area contributed by atoms with Crippen molar-refractivity contribution >= 4 is 17.7 Å². The highest BCUT2D eigenvalue weighted by Gasteiger charge is 2.25. The standard InChI is InChI=1S/C21H19FN4O3/c1-25-11-10-23-19(25)18(16-4-2-3-5-17(16)22)24-20(27)14-6-8-15(9-7-14)26-12-13-29-21(26)28/h2-11,18H,12-13H2,1H3,(H,24,27). The van der Waals surface area contributed by atoms with Gasteiger partial charge in [0.25, 0.3) is 5.91 Å². The first kappa shape index (κ1) is 18.7. The molecule has 0 spiro atoms. The van der Waals surface area contributed by atoms with E-state index >= 15 is 0 Å². The number of nitrogens with zero attached hydrogens (tertiary/aromatic N) is 3. The summed E-state index contributed by atoms with van der Waals surface area (Å²) in [5.41, 5.74) is 1.36. The molecule has 2 amide bonds. The Kier molecular flexibility index (Phi) is 4.99. The normalized spacial score (nSPS) is 14.6. The summed E-state index contributed by atoms with van der Waals surface area (Å²) in [4.78, 5) is 30.3. The van der Waals surface area contributed by atoms with Crippen LogP contribution in [-0.4, -0.2) is 34.7 Å². The van der Waals surface area contributed by atoms with Crippen molar-refractivity contribution in [1.82, 2.24) is 14.9 Å². The van der Waals surface area contributed by atoms with Gasteiger partial charge in [0.2, 0.25) is 0 Å². The molecule has 1 fully saturated rings. The van der Waals surface area contributed by atoms with Gasteiger partial charge in [0.1, 0.15) is 24.3 Å². The summed E-state index contributed by atoms with van der Waals surface area (Å²) in [6.07, 6.45) is 2.93. The van der Waals surface area contributed by atoms with Gasteiger partial charge >= 0.3 is 6.09 Å². The topological polar surface area (TPSA) is 76.5 Å². The fraction of sp³-hybridized carbons (Fsp3) is 0.190. The third kappa shape index (κ3) is 3.69. The average Bonchev–Trinajstić information content (AvgIpc) is 3.35. The second kappa shape index (κ2) is 7.75. The van der Waals surface area contributed by atoms with Crippen LogP contribution in [0.25, 0.3) is 0 Å². The largest absolute Gasteiger partial charge is 0.447 e. The molecule has 4 rings (SSSR count). The summed E-state index contributed by atoms with van der Waals surface area (Å²) in [5.74, 6) is -0.291. The fourth-order valence-electron chi connectivity index (χ4n) is 3.28. The highest BCUT2D eigenvalue weighted by Crippen LogP contribution is 2.24. The van der Waals surface area contributed by atoms with Gasteiger partial charge in [-0.15, -0.1) is 0 Å². The molecule has 1 aliphatic heterocycles. The van der Waals surface area contributed by atoms with Crippen LogP contribution in [0.15, 0.2) is 60.9 Å². The van der Waals surface area contributed by atoms with E-state index in [0.29, 0.717) is 35.8 Å². The Labute approximate surface area is 166 Å². The molecule has 1 atom stereocenters. The number of cyclic esters (lactones) is 1. The number of amides is 2. The van der Waals surface area contributed by atoms with Crippen molar-refractivity contribution in [2.24, 2.45) is 7.05 Å². The van der Waals surface area contributed by atoms with Crippen LogP contribution in [0, 0.1) is 5.82 Å². The van der Waals surface area contributed by atoms with E-state index in [1.165, 1.54) is 11.0 Å². The van der Waals surface area contributed by atoms with E-state index in [2.05, 4.69) is 10.3 Å². The number of aryl methyl sites for hydroxylation is 1. The van der Waals surface area contributed by atoms with Gasteiger partial charge in [0, 0.05) is 36.3 Å². The Balaban J connectivity index is 1.59. The molecular weight excluding hydrogens is 375 g/mol. The van der Waals surface area contributed by atoms with Crippen LogP contribution in [0.3, 0.4) is 0 Å². The minimum absolute atomic E-state index is 0.326. The van der Waals surface area contributed by atoms with Gasteiger partial charge in [0.05, 0.1) is 6.54 Å². The minimum Gasteiger partial charge on any atom is -0.447 e. The predicted octanol–water partition coefficient (Wildman–Crippen LogP) is 3.04. The highest BCUT2D eigenvalue weighted by atomic mass is 19.1. The molecule has 7 nitrogen and oxygen atoms in total. The molecule has 2 aromatic carbocycles. The van der Waals surface area contributed by atoms with Crippen molar-refractivity contribution in [1.29, 1.82) is 0 Å². The Morgan fingerprint density at radius 2 is 1.97 bits per heavy atom. The number of benzene rings is 2. The van der Waals surface area contributed by atoms with E-state index in [4.69, 9.17) is 4.74 Å². The minimum atomic E-state index is -0.753. The molecule has 0 saturated carbocycles. The number of anilines is 1. The summed E-state index contributed by atoms with van der Waals surface area (Å²) < 4.78 is 21.1. The zero-order chi connectivity index (χ0) is 20.4. The first-order valence-electron chi connectivity index (χ1n) is 9.11. The lowest BCUT2D eigenvalue weighted by Gasteiger charge is -2.20. The number of carbonyl (C=O) groups is 2. The van der Waals surface area contributed by atoms with Gasteiger partial charge in [0.15, 0.2) is 0 Å². The van der Waals surface area contributed by atoms with Crippen LogP contribution in [0.1, 0.15) is 27.8 Å². The number of nitrogens with one attached hydrogen (secondary N) is 1. The van der Waals surface area contributed by atoms with E-state index < -0.39 is 18.0 Å². The molecule has 1 N–H and O–H groups in total. The van der Waals surface area contributed by atoms with E-state index in [1.807, 2.05) is 0 Å². The molecule has 8 heteroatoms. The average molecular weight is 394 g/mol. The summed E-state index contributed by atoms with van der Waals surface area (Å²) in [6, 6.07) is 12.1. The number of carbonyl (C=O) groups excluding carboxylic acids is 2. The lowest BCUT2D eigenvalue weighted by molar-refractivity contribution is 0.0940. The van der Waals surface area contributed by atoms with Gasteiger partial charge in [-0.2, -0.15) is 0 Å². The van der Waals surface area contributed by atoms with Crippen LogP contribution in [0.5, 0.6) is 0 Å². The van der Waals surface area contributed by atoms with E-state index in [-0.39, 0.29) is 5.91 Å². The number of halogens is 1. The van der Waals surface area contributed by atoms with Crippen LogP contribution in [0.2, 0.25) is 0 Å². The third-order valence-electron chi connectivity index (χ3n) is 4.81. The van der Waals surface area contributed by atoms with Crippen molar-refractivity contribution in [3.05, 3.63) is 83.7 Å². The molecule has 1 unspecified atom stereocenters. The van der Waals surface area contributed by atoms with Crippen molar-refractivity contribution in [3.63, 3.8) is 0 Å². The SMILES string of the molecule is Cn1ccnc1C(NC(=O)c1ccc(N2CCOC2=O)cc1)c1ccccc1F. The van der Waals surface area contributed by atoms with Crippen molar-refractivity contribution in [2.45, 2.75) is 6.04 Å². The second-order valence-electron chi connectivity index (χ2n) is 6.64. The monoisotopic (exact) mass is 394 g/mol. The fourth-order valence-corrected chi connectivity index (χ4v) is 3.28. The van der Waals surface area contributed by atoms with Gasteiger partial charge in [-0.25, -0.2) is 14.2 Å². The number of aromatic nitrogens is 2. The van der Waals surface area contributed by atoms with Crippen molar-refractivity contribution < 1.29 is 18.7 Å². The molecule has 148 valence electrons. The number of hydrogen-bond acceptors (Lipinski definition) is 4. The van der Waals surface area contributed by atoms with E-state index in [1.54, 1.807) is 66.5 Å². The summed E-state index contributed by atoms with van der Waals surface area (Å²) >= 11 is 0.